The summed E-state index contributed by atoms with van der Waals surface area (Å²) in [6.07, 6.45) is 4.39. The van der Waals surface area contributed by atoms with Crippen LogP contribution in [0.1, 0.15) is 25.7 Å². The van der Waals surface area contributed by atoms with Crippen LogP contribution in [0.15, 0.2) is 30.5 Å². The molecule has 0 atom stereocenters. The van der Waals surface area contributed by atoms with E-state index in [9.17, 15) is 14.9 Å². The first-order valence-corrected chi connectivity index (χ1v) is 6.53. The minimum atomic E-state index is -0.771. The number of benzene rings is 1. The van der Waals surface area contributed by atoms with Crippen molar-refractivity contribution in [3.8, 4) is 0 Å². The van der Waals surface area contributed by atoms with Crippen molar-refractivity contribution in [3.63, 3.8) is 0 Å². The highest BCUT2D eigenvalue weighted by molar-refractivity contribution is 5.89. The number of fused-ring (bicyclic) bond motifs is 1. The summed E-state index contributed by atoms with van der Waals surface area (Å²) >= 11 is 0. The highest BCUT2D eigenvalue weighted by Gasteiger charge is 2.13. The maximum atomic E-state index is 10.9. The molecule has 0 amide bonds. The standard InChI is InChI=1S/C14H16N2O4/c17-14(18)7-2-1-3-9-15-10-8-11-12(15)5-4-6-13(11)16(19)20/h4-6,8,10H,1-3,7,9H2,(H,17,18). The van der Waals surface area contributed by atoms with Gasteiger partial charge in [-0.2, -0.15) is 0 Å². The van der Waals surface area contributed by atoms with Crippen molar-refractivity contribution < 1.29 is 14.8 Å². The second-order valence-corrected chi connectivity index (χ2v) is 4.68. The topological polar surface area (TPSA) is 85.4 Å². The summed E-state index contributed by atoms with van der Waals surface area (Å²) in [5.74, 6) is -0.771. The van der Waals surface area contributed by atoms with Gasteiger partial charge in [-0.25, -0.2) is 0 Å². The van der Waals surface area contributed by atoms with Crippen molar-refractivity contribution >= 4 is 22.6 Å². The minimum Gasteiger partial charge on any atom is -0.481 e. The number of hydrogen-bond donors (Lipinski definition) is 1. The third kappa shape index (κ3) is 3.14. The van der Waals surface area contributed by atoms with Crippen molar-refractivity contribution in [2.75, 3.05) is 0 Å². The molecule has 2 rings (SSSR count). The molecular weight excluding hydrogens is 260 g/mol. The molecule has 0 aliphatic heterocycles. The third-order valence-electron chi connectivity index (χ3n) is 3.28. The number of nitro benzene ring substituents is 1. The molecule has 6 nitrogen and oxygen atoms in total. The first-order chi connectivity index (χ1) is 9.59. The summed E-state index contributed by atoms with van der Waals surface area (Å²) in [5.41, 5.74) is 0.963. The van der Waals surface area contributed by atoms with Crippen LogP contribution in [0.4, 0.5) is 5.69 Å². The van der Waals surface area contributed by atoms with Crippen LogP contribution in [-0.4, -0.2) is 20.6 Å². The van der Waals surface area contributed by atoms with Crippen molar-refractivity contribution in [2.24, 2.45) is 0 Å². The first-order valence-electron chi connectivity index (χ1n) is 6.53. The quantitative estimate of drug-likeness (QED) is 0.478. The van der Waals surface area contributed by atoms with Crippen LogP contribution < -0.4 is 0 Å². The molecule has 20 heavy (non-hydrogen) atoms. The fraction of sp³-hybridized carbons (Fsp3) is 0.357. The van der Waals surface area contributed by atoms with Gasteiger partial charge in [-0.1, -0.05) is 12.5 Å². The molecule has 1 heterocycles. The van der Waals surface area contributed by atoms with E-state index in [2.05, 4.69) is 0 Å². The third-order valence-corrected chi connectivity index (χ3v) is 3.28. The Kier molecular flexibility index (Phi) is 4.34. The zero-order valence-electron chi connectivity index (χ0n) is 11.0. The summed E-state index contributed by atoms with van der Waals surface area (Å²) in [6.45, 7) is 0.740. The van der Waals surface area contributed by atoms with Crippen LogP contribution in [0.5, 0.6) is 0 Å². The maximum Gasteiger partial charge on any atom is 0.303 e. The van der Waals surface area contributed by atoms with E-state index in [0.717, 1.165) is 24.9 Å². The van der Waals surface area contributed by atoms with E-state index in [1.54, 1.807) is 12.1 Å². The summed E-state index contributed by atoms with van der Waals surface area (Å²) < 4.78 is 1.98. The van der Waals surface area contributed by atoms with E-state index in [1.807, 2.05) is 16.8 Å². The van der Waals surface area contributed by atoms with Gasteiger partial charge in [-0.05, 0) is 25.0 Å². The molecule has 0 saturated carbocycles. The van der Waals surface area contributed by atoms with Crippen LogP contribution in [0.3, 0.4) is 0 Å². The Morgan fingerprint density at radius 2 is 2.05 bits per heavy atom. The van der Waals surface area contributed by atoms with Gasteiger partial charge in [0, 0.05) is 25.2 Å². The number of aromatic nitrogens is 1. The Balaban J connectivity index is 2.03. The first kappa shape index (κ1) is 14.0. The van der Waals surface area contributed by atoms with Gasteiger partial charge < -0.3 is 9.67 Å². The van der Waals surface area contributed by atoms with Crippen LogP contribution in [0, 0.1) is 10.1 Å². The Morgan fingerprint density at radius 3 is 2.75 bits per heavy atom. The Bertz CT molecular complexity index is 633. The van der Waals surface area contributed by atoms with E-state index in [-0.39, 0.29) is 17.0 Å². The molecule has 0 spiro atoms. The van der Waals surface area contributed by atoms with Crippen molar-refractivity contribution in [2.45, 2.75) is 32.2 Å². The van der Waals surface area contributed by atoms with E-state index in [0.29, 0.717) is 11.8 Å². The van der Waals surface area contributed by atoms with Crippen LogP contribution in [0.2, 0.25) is 0 Å². The molecule has 1 N–H and O–H groups in total. The fourth-order valence-corrected chi connectivity index (χ4v) is 2.30. The second kappa shape index (κ2) is 6.18. The predicted octanol–water partition coefficient (Wildman–Crippen LogP) is 3.19. The normalized spacial score (nSPS) is 10.8. The van der Waals surface area contributed by atoms with Gasteiger partial charge in [-0.3, -0.25) is 14.9 Å². The van der Waals surface area contributed by atoms with Crippen LogP contribution in [-0.2, 0) is 11.3 Å². The van der Waals surface area contributed by atoms with E-state index in [1.165, 1.54) is 6.07 Å². The van der Waals surface area contributed by atoms with Crippen molar-refractivity contribution in [3.05, 3.63) is 40.6 Å². The van der Waals surface area contributed by atoms with Gasteiger partial charge in [0.2, 0.25) is 0 Å². The molecule has 0 unspecified atom stereocenters. The lowest BCUT2D eigenvalue weighted by Crippen LogP contribution is -1.98. The number of aliphatic carboxylic acids is 1. The van der Waals surface area contributed by atoms with Gasteiger partial charge in [-0.15, -0.1) is 0 Å². The number of carboxylic acid groups (broad SMARTS) is 1. The second-order valence-electron chi connectivity index (χ2n) is 4.68. The summed E-state index contributed by atoms with van der Waals surface area (Å²) in [4.78, 5) is 21.0. The molecule has 1 aromatic heterocycles. The number of non-ortho nitro benzene ring substituents is 1. The van der Waals surface area contributed by atoms with Gasteiger partial charge in [0.25, 0.3) is 5.69 Å². The van der Waals surface area contributed by atoms with Crippen LogP contribution >= 0.6 is 0 Å². The van der Waals surface area contributed by atoms with Gasteiger partial charge in [0.05, 0.1) is 15.8 Å². The average Bonchev–Trinajstić information content (AvgIpc) is 2.81. The molecule has 0 aliphatic carbocycles. The zero-order valence-corrected chi connectivity index (χ0v) is 11.0. The Hall–Kier alpha value is -2.37. The fourth-order valence-electron chi connectivity index (χ4n) is 2.30. The molecule has 106 valence electrons. The van der Waals surface area contributed by atoms with Gasteiger partial charge in [0.1, 0.15) is 0 Å². The average molecular weight is 276 g/mol. The molecular formula is C14H16N2O4. The number of carbonyl (C=O) groups is 1. The number of unbranched alkanes of at least 4 members (excludes halogenated alkanes) is 2. The molecule has 1 aromatic carbocycles. The SMILES string of the molecule is O=C(O)CCCCCn1ccc2c([N+](=O)[O-])cccc21. The zero-order chi connectivity index (χ0) is 14.5. The lowest BCUT2D eigenvalue weighted by atomic mass is 10.2. The summed E-state index contributed by atoms with van der Waals surface area (Å²) in [6, 6.07) is 6.80. The lowest BCUT2D eigenvalue weighted by molar-refractivity contribution is -0.383. The number of carboxylic acids is 1. The summed E-state index contributed by atoms with van der Waals surface area (Å²) in [5, 5.41) is 20.1. The number of hydrogen-bond acceptors (Lipinski definition) is 3. The largest absolute Gasteiger partial charge is 0.481 e. The van der Waals surface area contributed by atoms with Gasteiger partial charge >= 0.3 is 5.97 Å². The molecule has 0 saturated heterocycles. The highest BCUT2D eigenvalue weighted by atomic mass is 16.6. The number of nitro groups is 1. The van der Waals surface area contributed by atoms with Crippen molar-refractivity contribution in [1.82, 2.24) is 4.57 Å². The molecule has 0 bridgehead atoms. The Labute approximate surface area is 115 Å². The molecule has 0 aliphatic rings. The molecule has 0 radical (unpaired) electrons. The number of rotatable bonds is 7. The maximum absolute atomic E-state index is 10.9. The lowest BCUT2D eigenvalue weighted by Gasteiger charge is -2.05. The highest BCUT2D eigenvalue weighted by Crippen LogP contribution is 2.26. The smallest absolute Gasteiger partial charge is 0.303 e. The van der Waals surface area contributed by atoms with E-state index in [4.69, 9.17) is 5.11 Å². The monoisotopic (exact) mass is 276 g/mol. The van der Waals surface area contributed by atoms with Gasteiger partial charge in [0.15, 0.2) is 0 Å². The van der Waals surface area contributed by atoms with E-state index >= 15 is 0 Å². The molecule has 0 fully saturated rings. The minimum absolute atomic E-state index is 0.118. The summed E-state index contributed by atoms with van der Waals surface area (Å²) in [7, 11) is 0. The van der Waals surface area contributed by atoms with E-state index < -0.39 is 5.97 Å². The molecule has 2 aromatic rings. The predicted molar refractivity (Wildman–Crippen MR) is 74.7 cm³/mol. The Morgan fingerprint density at radius 1 is 1.25 bits per heavy atom. The number of nitrogens with zero attached hydrogens (tertiary/aromatic N) is 2. The van der Waals surface area contributed by atoms with Crippen LogP contribution in [0.25, 0.3) is 10.9 Å². The number of aryl methyl sites for hydroxylation is 1. The molecule has 6 heteroatoms. The van der Waals surface area contributed by atoms with Crippen molar-refractivity contribution in [1.29, 1.82) is 0 Å².